The lowest BCUT2D eigenvalue weighted by Crippen LogP contribution is -2.00. The smallest absolute Gasteiger partial charge is 0.164 e. The molecule has 0 fully saturated rings. The monoisotopic (exact) mass is 818 g/mol. The largest absolute Gasteiger partial charge is 0.208 e. The van der Waals surface area contributed by atoms with Gasteiger partial charge in [0.25, 0.3) is 0 Å². The van der Waals surface area contributed by atoms with Gasteiger partial charge in [-0.15, -0.1) is 0 Å². The van der Waals surface area contributed by atoms with Crippen molar-refractivity contribution in [1.82, 2.24) is 29.9 Å². The lowest BCUT2D eigenvalue weighted by Gasteiger charge is -2.14. The van der Waals surface area contributed by atoms with E-state index < -0.39 is 0 Å². The molecule has 298 valence electrons. The van der Waals surface area contributed by atoms with Crippen LogP contribution in [0.5, 0.6) is 0 Å². The average Bonchev–Trinajstić information content (AvgIpc) is 3.39. The Labute approximate surface area is 370 Å². The van der Waals surface area contributed by atoms with E-state index in [1.54, 1.807) is 0 Å². The Morgan fingerprint density at radius 3 is 0.984 bits per heavy atom. The fourth-order valence-electron chi connectivity index (χ4n) is 7.62. The van der Waals surface area contributed by atoms with Crippen molar-refractivity contribution in [3.05, 3.63) is 217 Å². The minimum Gasteiger partial charge on any atom is -0.208 e. The maximum Gasteiger partial charge on any atom is 0.164 e. The summed E-state index contributed by atoms with van der Waals surface area (Å²) in [6.07, 6.45) is 0. The molecule has 10 aromatic rings. The zero-order chi connectivity index (χ0) is 43.2. The van der Waals surface area contributed by atoms with Gasteiger partial charge in [-0.3, -0.25) is 0 Å². The third-order valence-electron chi connectivity index (χ3n) is 10.8. The number of hydrogen-bond acceptors (Lipinski definition) is 8. The fraction of sp³-hybridized carbons (Fsp3) is 0. The number of nitriles is 2. The van der Waals surface area contributed by atoms with Gasteiger partial charge in [-0.2, -0.15) is 10.5 Å². The molecule has 0 radical (unpaired) electrons. The van der Waals surface area contributed by atoms with Gasteiger partial charge in [-0.05, 0) is 75.8 Å². The molecule has 0 N–H and O–H groups in total. The Morgan fingerprint density at radius 1 is 0.234 bits per heavy atom. The van der Waals surface area contributed by atoms with Crippen molar-refractivity contribution in [2.24, 2.45) is 0 Å². The number of rotatable bonds is 9. The van der Waals surface area contributed by atoms with E-state index in [4.69, 9.17) is 29.9 Å². The van der Waals surface area contributed by atoms with E-state index in [1.165, 1.54) is 0 Å². The van der Waals surface area contributed by atoms with Crippen LogP contribution in [0.2, 0.25) is 0 Å². The molecule has 0 amide bonds. The molecular weight excluding hydrogens is 785 g/mol. The van der Waals surface area contributed by atoms with Gasteiger partial charge >= 0.3 is 0 Å². The number of hydrogen-bond donors (Lipinski definition) is 0. The molecule has 0 bridgehead atoms. The second-order valence-corrected chi connectivity index (χ2v) is 15.0. The van der Waals surface area contributed by atoms with Crippen LogP contribution in [0, 0.1) is 22.7 Å². The SMILES string of the molecule is N#Cc1ccc(-c2cccc(-c3nc(-c4ccccc4)nc(-c4cccc(-c5cc(C#N)ccc5-c5cccc(-c6nc(-c7ccccc7)nc(-c7ccccc7)n6)c5)c4)n3)c2)cc1. The highest BCUT2D eigenvalue weighted by Crippen LogP contribution is 2.37. The van der Waals surface area contributed by atoms with Gasteiger partial charge in [0.15, 0.2) is 34.9 Å². The minimum absolute atomic E-state index is 0.507. The van der Waals surface area contributed by atoms with E-state index in [2.05, 4.69) is 36.4 Å². The Kier molecular flexibility index (Phi) is 10.6. The van der Waals surface area contributed by atoms with Crippen molar-refractivity contribution in [2.45, 2.75) is 0 Å². The summed E-state index contributed by atoms with van der Waals surface area (Å²) in [6.45, 7) is 0. The third kappa shape index (κ3) is 8.14. The zero-order valence-electron chi connectivity index (χ0n) is 34.2. The van der Waals surface area contributed by atoms with Crippen LogP contribution in [0.3, 0.4) is 0 Å². The molecule has 10 rings (SSSR count). The molecule has 64 heavy (non-hydrogen) atoms. The van der Waals surface area contributed by atoms with Crippen molar-refractivity contribution in [3.8, 4) is 114 Å². The Hall–Kier alpha value is -9.24. The molecule has 2 heterocycles. The van der Waals surface area contributed by atoms with E-state index in [1.807, 2.05) is 182 Å². The van der Waals surface area contributed by atoms with Crippen molar-refractivity contribution in [2.75, 3.05) is 0 Å². The van der Waals surface area contributed by atoms with Gasteiger partial charge in [0.2, 0.25) is 0 Å². The molecule has 0 unspecified atom stereocenters. The highest BCUT2D eigenvalue weighted by atomic mass is 15.0. The molecule has 0 aliphatic rings. The summed E-state index contributed by atoms with van der Waals surface area (Å²) in [5.74, 6) is 3.30. The first-order chi connectivity index (χ1) is 31.6. The zero-order valence-corrected chi connectivity index (χ0v) is 34.2. The average molecular weight is 819 g/mol. The minimum atomic E-state index is 0.507. The maximum absolute atomic E-state index is 10.1. The standard InChI is InChI=1S/C56H34N8/c57-35-37-25-28-39(29-26-37)43-19-10-22-46(32-43)54-62-53(42-17-8-3-9-18-42)63-56(64-54)48-24-12-21-45(34-48)50-31-38(36-58)27-30-49(50)44-20-11-23-47(33-44)55-60-51(40-13-4-1-5-14-40)59-52(61-55)41-15-6-2-7-16-41/h1-34H. The highest BCUT2D eigenvalue weighted by molar-refractivity contribution is 5.87. The normalized spacial score (nSPS) is 10.8. The van der Waals surface area contributed by atoms with E-state index >= 15 is 0 Å². The third-order valence-corrected chi connectivity index (χ3v) is 10.8. The summed E-state index contributed by atoms with van der Waals surface area (Å²) in [6, 6.07) is 71.9. The van der Waals surface area contributed by atoms with E-state index in [0.29, 0.717) is 46.1 Å². The molecule has 2 aromatic heterocycles. The first-order valence-corrected chi connectivity index (χ1v) is 20.6. The molecule has 0 saturated heterocycles. The summed E-state index contributed by atoms with van der Waals surface area (Å²) in [5.41, 5.74) is 11.8. The molecule has 0 atom stereocenters. The Morgan fingerprint density at radius 2 is 0.562 bits per heavy atom. The molecule has 8 nitrogen and oxygen atoms in total. The van der Waals surface area contributed by atoms with Crippen molar-refractivity contribution in [1.29, 1.82) is 10.5 Å². The van der Waals surface area contributed by atoms with Crippen LogP contribution in [0.1, 0.15) is 11.1 Å². The van der Waals surface area contributed by atoms with Gasteiger partial charge in [-0.25, -0.2) is 29.9 Å². The topological polar surface area (TPSA) is 125 Å². The van der Waals surface area contributed by atoms with Crippen LogP contribution < -0.4 is 0 Å². The summed E-state index contributed by atoms with van der Waals surface area (Å²) >= 11 is 0. The molecule has 8 aromatic carbocycles. The van der Waals surface area contributed by atoms with Gasteiger partial charge in [0, 0.05) is 33.4 Å². The van der Waals surface area contributed by atoms with Crippen LogP contribution in [0.4, 0.5) is 0 Å². The summed E-state index contributed by atoms with van der Waals surface area (Å²) < 4.78 is 0. The molecule has 0 aliphatic carbocycles. The lowest BCUT2D eigenvalue weighted by atomic mass is 9.91. The first-order valence-electron chi connectivity index (χ1n) is 20.6. The quantitative estimate of drug-likeness (QED) is 0.141. The van der Waals surface area contributed by atoms with Crippen LogP contribution in [0.25, 0.3) is 102 Å². The van der Waals surface area contributed by atoms with Crippen LogP contribution >= 0.6 is 0 Å². The van der Waals surface area contributed by atoms with Gasteiger partial charge < -0.3 is 0 Å². The molecule has 8 heteroatoms. The molecule has 0 saturated carbocycles. The maximum atomic E-state index is 10.1. The van der Waals surface area contributed by atoms with Gasteiger partial charge in [-0.1, -0.05) is 164 Å². The fourth-order valence-corrected chi connectivity index (χ4v) is 7.62. The van der Waals surface area contributed by atoms with E-state index in [-0.39, 0.29) is 0 Å². The summed E-state index contributed by atoms with van der Waals surface area (Å²) in [4.78, 5) is 29.9. The Balaban J connectivity index is 1.07. The second kappa shape index (κ2) is 17.4. The number of aromatic nitrogens is 6. The van der Waals surface area contributed by atoms with Crippen LogP contribution in [0.15, 0.2) is 206 Å². The number of nitrogens with zero attached hydrogens (tertiary/aromatic N) is 8. The van der Waals surface area contributed by atoms with Gasteiger partial charge in [0.05, 0.1) is 23.3 Å². The molecule has 0 spiro atoms. The van der Waals surface area contributed by atoms with Gasteiger partial charge in [0.1, 0.15) is 0 Å². The van der Waals surface area contributed by atoms with Crippen LogP contribution in [-0.2, 0) is 0 Å². The summed E-state index contributed by atoms with van der Waals surface area (Å²) in [5, 5.41) is 19.5. The van der Waals surface area contributed by atoms with Crippen LogP contribution in [-0.4, -0.2) is 29.9 Å². The van der Waals surface area contributed by atoms with E-state index in [0.717, 1.165) is 66.8 Å². The molecular formula is C56H34N8. The molecule has 0 aliphatic heterocycles. The predicted octanol–water partition coefficient (Wildman–Crippen LogP) is 12.8. The summed E-state index contributed by atoms with van der Waals surface area (Å²) in [7, 11) is 0. The van der Waals surface area contributed by atoms with E-state index in [9.17, 15) is 10.5 Å². The first kappa shape index (κ1) is 38.9. The highest BCUT2D eigenvalue weighted by Gasteiger charge is 2.17. The van der Waals surface area contributed by atoms with Crippen molar-refractivity contribution < 1.29 is 0 Å². The van der Waals surface area contributed by atoms with Crippen molar-refractivity contribution in [3.63, 3.8) is 0 Å². The van der Waals surface area contributed by atoms with Crippen molar-refractivity contribution >= 4 is 0 Å². The number of benzene rings is 8. The Bertz CT molecular complexity index is 3340. The second-order valence-electron chi connectivity index (χ2n) is 15.0. The lowest BCUT2D eigenvalue weighted by molar-refractivity contribution is 1.07. The predicted molar refractivity (Wildman–Crippen MR) is 252 cm³/mol.